The average molecular weight is 277 g/mol. The Bertz CT molecular complexity index is 353. The van der Waals surface area contributed by atoms with Gasteiger partial charge in [0.2, 0.25) is 0 Å². The zero-order valence-electron chi connectivity index (χ0n) is 13.7. The van der Waals surface area contributed by atoms with E-state index in [0.717, 1.165) is 26.2 Å². The Morgan fingerprint density at radius 2 is 1.90 bits per heavy atom. The summed E-state index contributed by atoms with van der Waals surface area (Å²) in [6, 6.07) is 4.20. The molecule has 0 spiro atoms. The molecule has 0 saturated carbocycles. The van der Waals surface area contributed by atoms with E-state index < -0.39 is 0 Å². The van der Waals surface area contributed by atoms with E-state index in [1.54, 1.807) is 0 Å². The molecule has 0 bridgehead atoms. The van der Waals surface area contributed by atoms with E-state index >= 15 is 0 Å². The van der Waals surface area contributed by atoms with Crippen molar-refractivity contribution in [3.8, 4) is 0 Å². The molecular formula is C17H31N3. The molecule has 114 valence electrons. The molecule has 3 heteroatoms. The Morgan fingerprint density at radius 1 is 1.20 bits per heavy atom. The van der Waals surface area contributed by atoms with Crippen LogP contribution in [0.2, 0.25) is 0 Å². The van der Waals surface area contributed by atoms with Crippen molar-refractivity contribution in [1.82, 2.24) is 15.2 Å². The number of nitrogens with one attached hydrogen (secondary N) is 1. The van der Waals surface area contributed by atoms with Crippen molar-refractivity contribution in [2.45, 2.75) is 46.6 Å². The summed E-state index contributed by atoms with van der Waals surface area (Å²) in [7, 11) is 2.22. The summed E-state index contributed by atoms with van der Waals surface area (Å²) < 4.78 is 0. The van der Waals surface area contributed by atoms with Gasteiger partial charge in [-0.25, -0.2) is 0 Å². The van der Waals surface area contributed by atoms with E-state index in [4.69, 9.17) is 0 Å². The fourth-order valence-corrected chi connectivity index (χ4v) is 2.90. The Hall–Kier alpha value is -0.930. The molecule has 0 saturated heterocycles. The minimum absolute atomic E-state index is 0.353. The predicted molar refractivity (Wildman–Crippen MR) is 86.7 cm³/mol. The Morgan fingerprint density at radius 3 is 2.50 bits per heavy atom. The highest BCUT2D eigenvalue weighted by atomic mass is 15.1. The fourth-order valence-electron chi connectivity index (χ4n) is 2.90. The minimum Gasteiger partial charge on any atom is -0.316 e. The zero-order valence-corrected chi connectivity index (χ0v) is 13.7. The van der Waals surface area contributed by atoms with Crippen LogP contribution >= 0.6 is 0 Å². The van der Waals surface area contributed by atoms with Crippen LogP contribution in [0, 0.1) is 5.41 Å². The maximum absolute atomic E-state index is 4.08. The molecule has 20 heavy (non-hydrogen) atoms. The molecule has 0 aliphatic heterocycles. The predicted octanol–water partition coefficient (Wildman–Crippen LogP) is 3.32. The Labute approximate surface area is 124 Å². The third kappa shape index (κ3) is 6.49. The van der Waals surface area contributed by atoms with Crippen molar-refractivity contribution in [1.29, 1.82) is 0 Å². The molecule has 0 aliphatic rings. The number of hydrogen-bond acceptors (Lipinski definition) is 3. The average Bonchev–Trinajstić information content (AvgIpc) is 2.40. The molecule has 0 fully saturated rings. The first kappa shape index (κ1) is 17.1. The summed E-state index contributed by atoms with van der Waals surface area (Å²) in [6.07, 6.45) is 7.46. The van der Waals surface area contributed by atoms with Crippen molar-refractivity contribution in [3.05, 3.63) is 30.1 Å². The lowest BCUT2D eigenvalue weighted by molar-refractivity contribution is 0.168. The van der Waals surface area contributed by atoms with Gasteiger partial charge in [0.15, 0.2) is 0 Å². The van der Waals surface area contributed by atoms with Gasteiger partial charge in [0.1, 0.15) is 0 Å². The van der Waals surface area contributed by atoms with Crippen LogP contribution in [0.5, 0.6) is 0 Å². The molecular weight excluding hydrogens is 246 g/mol. The van der Waals surface area contributed by atoms with Crippen molar-refractivity contribution in [3.63, 3.8) is 0 Å². The number of rotatable bonds is 10. The lowest BCUT2D eigenvalue weighted by Gasteiger charge is -2.34. The molecule has 1 unspecified atom stereocenters. The Kier molecular flexibility index (Phi) is 7.78. The third-order valence-electron chi connectivity index (χ3n) is 3.69. The summed E-state index contributed by atoms with van der Waals surface area (Å²) in [6.45, 7) is 11.3. The van der Waals surface area contributed by atoms with Gasteiger partial charge in [0.25, 0.3) is 0 Å². The van der Waals surface area contributed by atoms with Crippen LogP contribution in [-0.4, -0.2) is 36.6 Å². The molecule has 1 atom stereocenters. The first-order valence-electron chi connectivity index (χ1n) is 7.88. The maximum atomic E-state index is 4.08. The van der Waals surface area contributed by atoms with Gasteiger partial charge >= 0.3 is 0 Å². The standard InChI is InChI=1S/C17H31N3/c1-5-9-17(3,14-19-10-6-2)15-20(4)13-16-7-11-18-12-8-16/h7-8,11-12,19H,5-6,9-10,13-15H2,1-4H3. The number of nitrogens with zero attached hydrogens (tertiary/aromatic N) is 2. The molecule has 0 aliphatic carbocycles. The molecule has 0 aromatic carbocycles. The van der Waals surface area contributed by atoms with Crippen LogP contribution < -0.4 is 5.32 Å². The second kappa shape index (κ2) is 9.09. The largest absolute Gasteiger partial charge is 0.316 e. The van der Waals surface area contributed by atoms with E-state index in [1.165, 1.54) is 24.8 Å². The van der Waals surface area contributed by atoms with Crippen molar-refractivity contribution in [2.24, 2.45) is 5.41 Å². The van der Waals surface area contributed by atoms with Gasteiger partial charge in [-0.05, 0) is 49.5 Å². The van der Waals surface area contributed by atoms with E-state index in [1.807, 2.05) is 12.4 Å². The summed E-state index contributed by atoms with van der Waals surface area (Å²) in [5.74, 6) is 0. The molecule has 1 aromatic heterocycles. The SMILES string of the molecule is CCCNCC(C)(CCC)CN(C)Cc1ccncc1. The van der Waals surface area contributed by atoms with Crippen LogP contribution in [0.3, 0.4) is 0 Å². The van der Waals surface area contributed by atoms with Gasteiger partial charge in [-0.3, -0.25) is 4.98 Å². The van der Waals surface area contributed by atoms with Gasteiger partial charge in [-0.2, -0.15) is 0 Å². The maximum Gasteiger partial charge on any atom is 0.0271 e. The normalized spacial score (nSPS) is 14.4. The van der Waals surface area contributed by atoms with Crippen LogP contribution in [0.1, 0.15) is 45.6 Å². The highest BCUT2D eigenvalue weighted by Crippen LogP contribution is 2.24. The van der Waals surface area contributed by atoms with Gasteiger partial charge in [0.05, 0.1) is 0 Å². The summed E-state index contributed by atoms with van der Waals surface area (Å²) in [5, 5.41) is 3.59. The van der Waals surface area contributed by atoms with Crippen LogP contribution in [0.4, 0.5) is 0 Å². The van der Waals surface area contributed by atoms with E-state index in [9.17, 15) is 0 Å². The van der Waals surface area contributed by atoms with Crippen LogP contribution in [-0.2, 0) is 6.54 Å². The molecule has 0 amide bonds. The molecule has 1 rings (SSSR count). The number of hydrogen-bond donors (Lipinski definition) is 1. The van der Waals surface area contributed by atoms with Gasteiger partial charge in [-0.15, -0.1) is 0 Å². The lowest BCUT2D eigenvalue weighted by Crippen LogP contribution is -2.41. The van der Waals surface area contributed by atoms with Crippen molar-refractivity contribution >= 4 is 0 Å². The number of aromatic nitrogens is 1. The van der Waals surface area contributed by atoms with Crippen LogP contribution in [0.15, 0.2) is 24.5 Å². The minimum atomic E-state index is 0.353. The second-order valence-corrected chi connectivity index (χ2v) is 6.27. The van der Waals surface area contributed by atoms with E-state index in [0.29, 0.717) is 5.41 Å². The molecule has 3 nitrogen and oxygen atoms in total. The summed E-state index contributed by atoms with van der Waals surface area (Å²) in [4.78, 5) is 6.51. The third-order valence-corrected chi connectivity index (χ3v) is 3.69. The topological polar surface area (TPSA) is 28.2 Å². The highest BCUT2D eigenvalue weighted by Gasteiger charge is 2.24. The van der Waals surface area contributed by atoms with Crippen molar-refractivity contribution in [2.75, 3.05) is 26.7 Å². The first-order valence-corrected chi connectivity index (χ1v) is 7.88. The fraction of sp³-hybridized carbons (Fsp3) is 0.706. The summed E-state index contributed by atoms with van der Waals surface area (Å²) >= 11 is 0. The molecule has 1 N–H and O–H groups in total. The monoisotopic (exact) mass is 277 g/mol. The quantitative estimate of drug-likeness (QED) is 0.665. The van der Waals surface area contributed by atoms with Crippen LogP contribution in [0.25, 0.3) is 0 Å². The molecule has 1 heterocycles. The van der Waals surface area contributed by atoms with Gasteiger partial charge in [0, 0.05) is 32.0 Å². The molecule has 1 aromatic rings. The van der Waals surface area contributed by atoms with E-state index in [2.05, 4.69) is 55.2 Å². The van der Waals surface area contributed by atoms with Gasteiger partial charge < -0.3 is 10.2 Å². The highest BCUT2D eigenvalue weighted by molar-refractivity contribution is 5.09. The van der Waals surface area contributed by atoms with E-state index in [-0.39, 0.29) is 0 Å². The zero-order chi connectivity index (χ0) is 14.8. The molecule has 0 radical (unpaired) electrons. The second-order valence-electron chi connectivity index (χ2n) is 6.27. The smallest absolute Gasteiger partial charge is 0.0271 e. The summed E-state index contributed by atoms with van der Waals surface area (Å²) in [5.41, 5.74) is 1.69. The lowest BCUT2D eigenvalue weighted by atomic mass is 9.84. The van der Waals surface area contributed by atoms with Crippen molar-refractivity contribution < 1.29 is 0 Å². The van der Waals surface area contributed by atoms with Gasteiger partial charge in [-0.1, -0.05) is 27.2 Å². The number of pyridine rings is 1. The first-order chi connectivity index (χ1) is 9.59. The Balaban J connectivity index is 2.50.